The molecule has 2 N–H and O–H groups in total. The Morgan fingerprint density at radius 1 is 1.12 bits per heavy atom. The number of nitrogens with zero attached hydrogens (tertiary/aromatic N) is 1. The third-order valence-corrected chi connectivity index (χ3v) is 5.89. The summed E-state index contributed by atoms with van der Waals surface area (Å²) in [5.74, 6) is 0.0737. The molecule has 1 unspecified atom stereocenters. The van der Waals surface area contributed by atoms with Gasteiger partial charge >= 0.3 is 0 Å². The maximum atomic E-state index is 12.5. The third-order valence-electron chi connectivity index (χ3n) is 3.76. The van der Waals surface area contributed by atoms with Crippen LogP contribution in [0.3, 0.4) is 0 Å². The molecular formula is C17H16Cl2N2O4S. The Kier molecular flexibility index (Phi) is 5.18. The number of fused-ring (bicyclic) bond motifs is 1. The summed E-state index contributed by atoms with van der Waals surface area (Å²) < 4.78 is 32.7. The van der Waals surface area contributed by atoms with Crippen LogP contribution in [0.1, 0.15) is 12.0 Å². The summed E-state index contributed by atoms with van der Waals surface area (Å²) in [6.45, 7) is 0. The fourth-order valence-electron chi connectivity index (χ4n) is 2.41. The van der Waals surface area contributed by atoms with Crippen LogP contribution in [0.2, 0.25) is 10.0 Å². The lowest BCUT2D eigenvalue weighted by molar-refractivity contribution is 0.141. The Morgan fingerprint density at radius 2 is 1.85 bits per heavy atom. The standard InChI is InChI=1S/C17H16Cl2N2O4S/c1-21(2)12-5-3-10-7-15(25-14(10)9-12)17(22)20-26(23,24)16-6-4-11(18)8-13(16)19/h3-9,17,20,22H,1-2H3. The van der Waals surface area contributed by atoms with Gasteiger partial charge in [0.25, 0.3) is 0 Å². The summed E-state index contributed by atoms with van der Waals surface area (Å²) in [7, 11) is -0.288. The minimum Gasteiger partial charge on any atom is -0.457 e. The largest absolute Gasteiger partial charge is 0.457 e. The molecule has 0 saturated heterocycles. The fraction of sp³-hybridized carbons (Fsp3) is 0.176. The van der Waals surface area contributed by atoms with Crippen molar-refractivity contribution in [1.82, 2.24) is 4.72 Å². The van der Waals surface area contributed by atoms with Crippen LogP contribution >= 0.6 is 23.2 Å². The molecule has 26 heavy (non-hydrogen) atoms. The Labute approximate surface area is 161 Å². The van der Waals surface area contributed by atoms with Crippen molar-refractivity contribution in [2.75, 3.05) is 19.0 Å². The second-order valence-electron chi connectivity index (χ2n) is 5.86. The average molecular weight is 415 g/mol. The van der Waals surface area contributed by atoms with Gasteiger partial charge in [0.2, 0.25) is 10.0 Å². The Bertz CT molecular complexity index is 1060. The molecule has 3 rings (SSSR count). The van der Waals surface area contributed by atoms with E-state index in [0.29, 0.717) is 10.6 Å². The Hall–Kier alpha value is -1.77. The monoisotopic (exact) mass is 414 g/mol. The normalized spacial score (nSPS) is 13.1. The molecule has 1 atom stereocenters. The van der Waals surface area contributed by atoms with Gasteiger partial charge in [-0.1, -0.05) is 23.2 Å². The predicted molar refractivity (Wildman–Crippen MR) is 102 cm³/mol. The molecule has 0 saturated carbocycles. The van der Waals surface area contributed by atoms with Gasteiger partial charge in [-0.2, -0.15) is 4.72 Å². The van der Waals surface area contributed by atoms with Crippen molar-refractivity contribution in [3.8, 4) is 0 Å². The summed E-state index contributed by atoms with van der Waals surface area (Å²) in [6.07, 6.45) is -1.57. The molecule has 1 heterocycles. The van der Waals surface area contributed by atoms with Crippen LogP contribution in [0.5, 0.6) is 0 Å². The average Bonchev–Trinajstić information content (AvgIpc) is 2.97. The summed E-state index contributed by atoms with van der Waals surface area (Å²) in [5.41, 5.74) is 1.45. The Balaban J connectivity index is 1.89. The minimum atomic E-state index is -4.07. The van der Waals surface area contributed by atoms with Crippen molar-refractivity contribution in [2.45, 2.75) is 11.1 Å². The predicted octanol–water partition coefficient (Wildman–Crippen LogP) is 3.78. The van der Waals surface area contributed by atoms with Crippen LogP contribution in [0.4, 0.5) is 5.69 Å². The number of sulfonamides is 1. The van der Waals surface area contributed by atoms with Crippen LogP contribution in [-0.2, 0) is 10.0 Å². The number of hydrogen-bond donors (Lipinski definition) is 2. The van der Waals surface area contributed by atoms with Crippen LogP contribution < -0.4 is 9.62 Å². The Morgan fingerprint density at radius 3 is 2.50 bits per heavy atom. The topological polar surface area (TPSA) is 82.8 Å². The van der Waals surface area contributed by atoms with Crippen LogP contribution in [0, 0.1) is 0 Å². The second-order valence-corrected chi connectivity index (χ2v) is 8.39. The van der Waals surface area contributed by atoms with Crippen LogP contribution in [-0.4, -0.2) is 27.6 Å². The van der Waals surface area contributed by atoms with Gasteiger partial charge in [0.15, 0.2) is 6.23 Å². The summed E-state index contributed by atoms with van der Waals surface area (Å²) >= 11 is 11.7. The molecule has 0 fully saturated rings. The number of aliphatic hydroxyl groups excluding tert-OH is 1. The van der Waals surface area contributed by atoms with E-state index in [1.54, 1.807) is 12.1 Å². The number of furan rings is 1. The first-order chi connectivity index (χ1) is 12.2. The van der Waals surface area contributed by atoms with Crippen LogP contribution in [0.25, 0.3) is 11.0 Å². The van der Waals surface area contributed by atoms with Gasteiger partial charge in [0, 0.05) is 36.3 Å². The SMILES string of the molecule is CN(C)c1ccc2cc(C(O)NS(=O)(=O)c3ccc(Cl)cc3Cl)oc2c1. The quantitative estimate of drug-likeness (QED) is 0.620. The minimum absolute atomic E-state index is 0.0440. The first-order valence-electron chi connectivity index (χ1n) is 7.53. The highest BCUT2D eigenvalue weighted by Crippen LogP contribution is 2.29. The first kappa shape index (κ1) is 19.0. The summed E-state index contributed by atoms with van der Waals surface area (Å²) in [4.78, 5) is 1.72. The molecule has 0 radical (unpaired) electrons. The molecule has 0 aliphatic rings. The van der Waals surface area contributed by atoms with Gasteiger partial charge in [-0.25, -0.2) is 8.42 Å². The zero-order chi connectivity index (χ0) is 19.1. The smallest absolute Gasteiger partial charge is 0.244 e. The molecule has 0 bridgehead atoms. The molecule has 0 spiro atoms. The van der Waals surface area contributed by atoms with E-state index in [0.717, 1.165) is 11.1 Å². The number of rotatable bonds is 5. The molecule has 0 amide bonds. The lowest BCUT2D eigenvalue weighted by Gasteiger charge is -2.12. The number of halogens is 2. The van der Waals surface area contributed by atoms with Gasteiger partial charge in [-0.05, 0) is 36.4 Å². The second kappa shape index (κ2) is 7.09. The molecular weight excluding hydrogens is 399 g/mol. The van der Waals surface area contributed by atoms with Crippen molar-refractivity contribution >= 4 is 49.9 Å². The van der Waals surface area contributed by atoms with Crippen molar-refractivity contribution < 1.29 is 17.9 Å². The molecule has 0 aliphatic heterocycles. The van der Waals surface area contributed by atoms with E-state index < -0.39 is 16.3 Å². The maximum absolute atomic E-state index is 12.5. The maximum Gasteiger partial charge on any atom is 0.244 e. The van der Waals surface area contributed by atoms with E-state index in [-0.39, 0.29) is 15.7 Å². The molecule has 2 aromatic carbocycles. The molecule has 6 nitrogen and oxygen atoms in total. The zero-order valence-electron chi connectivity index (χ0n) is 13.9. The molecule has 138 valence electrons. The molecule has 3 aromatic rings. The summed E-state index contributed by atoms with van der Waals surface area (Å²) in [6, 6.07) is 11.1. The van der Waals surface area contributed by atoms with Gasteiger partial charge in [-0.3, -0.25) is 0 Å². The van der Waals surface area contributed by atoms with E-state index in [4.69, 9.17) is 27.6 Å². The number of benzene rings is 2. The van der Waals surface area contributed by atoms with Gasteiger partial charge < -0.3 is 14.4 Å². The number of nitrogens with one attached hydrogen (secondary N) is 1. The van der Waals surface area contributed by atoms with Crippen molar-refractivity contribution in [3.05, 3.63) is 58.3 Å². The van der Waals surface area contributed by atoms with Crippen molar-refractivity contribution in [2.24, 2.45) is 0 Å². The third kappa shape index (κ3) is 3.82. The van der Waals surface area contributed by atoms with E-state index in [1.165, 1.54) is 18.2 Å². The highest BCUT2D eigenvalue weighted by molar-refractivity contribution is 7.89. The highest BCUT2D eigenvalue weighted by Gasteiger charge is 2.24. The van der Waals surface area contributed by atoms with Crippen molar-refractivity contribution in [1.29, 1.82) is 0 Å². The zero-order valence-corrected chi connectivity index (χ0v) is 16.2. The van der Waals surface area contributed by atoms with Crippen molar-refractivity contribution in [3.63, 3.8) is 0 Å². The van der Waals surface area contributed by atoms with E-state index in [9.17, 15) is 13.5 Å². The van der Waals surface area contributed by atoms with E-state index in [1.807, 2.05) is 31.1 Å². The van der Waals surface area contributed by atoms with E-state index in [2.05, 4.69) is 4.72 Å². The van der Waals surface area contributed by atoms with Gasteiger partial charge in [0.1, 0.15) is 16.2 Å². The summed E-state index contributed by atoms with van der Waals surface area (Å²) in [5, 5.41) is 11.3. The molecule has 9 heteroatoms. The fourth-order valence-corrected chi connectivity index (χ4v) is 4.23. The van der Waals surface area contributed by atoms with E-state index >= 15 is 0 Å². The van der Waals surface area contributed by atoms with Gasteiger partial charge in [0.05, 0.1) is 5.02 Å². The van der Waals surface area contributed by atoms with Gasteiger partial charge in [-0.15, -0.1) is 0 Å². The first-order valence-corrected chi connectivity index (χ1v) is 9.77. The number of hydrogen-bond acceptors (Lipinski definition) is 5. The lowest BCUT2D eigenvalue weighted by Crippen LogP contribution is -2.28. The molecule has 1 aromatic heterocycles. The number of aliphatic hydroxyl groups is 1. The highest BCUT2D eigenvalue weighted by atomic mass is 35.5. The number of anilines is 1. The molecule has 0 aliphatic carbocycles. The lowest BCUT2D eigenvalue weighted by atomic mass is 10.2. The van der Waals surface area contributed by atoms with Crippen LogP contribution in [0.15, 0.2) is 51.8 Å².